The van der Waals surface area contributed by atoms with E-state index in [9.17, 15) is 5.11 Å². The second-order valence-electron chi connectivity index (χ2n) is 3.82. The summed E-state index contributed by atoms with van der Waals surface area (Å²) in [6.07, 6.45) is 2.05. The van der Waals surface area contributed by atoms with Crippen LogP contribution in [0.2, 0.25) is 0 Å². The van der Waals surface area contributed by atoms with Gasteiger partial charge >= 0.3 is 0 Å². The average molecular weight is 186 g/mol. The number of aliphatic hydroxyl groups is 1. The SMILES string of the molecule is CC1=CC2(O)SC2C2(C)SC12. The largest absolute Gasteiger partial charge is 0.375 e. The summed E-state index contributed by atoms with van der Waals surface area (Å²) in [6, 6.07) is 0. The molecule has 3 heteroatoms. The molecule has 4 unspecified atom stereocenters. The maximum atomic E-state index is 9.85. The Balaban J connectivity index is 2.09. The quantitative estimate of drug-likeness (QED) is 0.458. The zero-order valence-corrected chi connectivity index (χ0v) is 8.13. The Labute approximate surface area is 74.6 Å². The predicted octanol–water partition coefficient (Wildman–Crippen LogP) is 1.62. The average Bonchev–Trinajstić information content (AvgIpc) is 2.68. The standard InChI is InChI=1S/C8H10OS2/c1-4-3-8(9)6(11-8)7(2)5(4)10-7/h3,5-6,9H,1-2H3. The van der Waals surface area contributed by atoms with Gasteiger partial charge in [-0.25, -0.2) is 0 Å². The van der Waals surface area contributed by atoms with Gasteiger partial charge in [0, 0.05) is 10.00 Å². The van der Waals surface area contributed by atoms with Gasteiger partial charge in [0.15, 0.2) is 0 Å². The molecule has 2 saturated heterocycles. The number of rotatable bonds is 0. The molecule has 1 N–H and O–H groups in total. The van der Waals surface area contributed by atoms with Crippen LogP contribution in [0.4, 0.5) is 0 Å². The van der Waals surface area contributed by atoms with Crippen molar-refractivity contribution < 1.29 is 5.11 Å². The van der Waals surface area contributed by atoms with Crippen LogP contribution in [0.1, 0.15) is 13.8 Å². The highest BCUT2D eigenvalue weighted by Gasteiger charge is 2.74. The first-order valence-electron chi connectivity index (χ1n) is 3.84. The molecule has 2 aliphatic heterocycles. The summed E-state index contributed by atoms with van der Waals surface area (Å²) >= 11 is 3.72. The minimum Gasteiger partial charge on any atom is -0.375 e. The highest BCUT2D eigenvalue weighted by atomic mass is 32.2. The number of fused-ring (bicyclic) bond motifs is 3. The number of hydrogen-bond acceptors (Lipinski definition) is 3. The fraction of sp³-hybridized carbons (Fsp3) is 0.750. The van der Waals surface area contributed by atoms with Gasteiger partial charge in [-0.3, -0.25) is 0 Å². The molecule has 3 rings (SSSR count). The van der Waals surface area contributed by atoms with Crippen LogP contribution in [0, 0.1) is 0 Å². The van der Waals surface area contributed by atoms with Crippen LogP contribution in [0.3, 0.4) is 0 Å². The molecule has 3 aliphatic rings. The van der Waals surface area contributed by atoms with Crippen molar-refractivity contribution in [3.05, 3.63) is 11.6 Å². The van der Waals surface area contributed by atoms with Crippen molar-refractivity contribution in [3.8, 4) is 0 Å². The summed E-state index contributed by atoms with van der Waals surface area (Å²) in [5, 5.41) is 11.0. The smallest absolute Gasteiger partial charge is 0.143 e. The van der Waals surface area contributed by atoms with Crippen LogP contribution in [0.25, 0.3) is 0 Å². The van der Waals surface area contributed by atoms with E-state index in [-0.39, 0.29) is 0 Å². The molecule has 4 atom stereocenters. The van der Waals surface area contributed by atoms with Gasteiger partial charge < -0.3 is 5.11 Å². The Kier molecular flexibility index (Phi) is 0.964. The van der Waals surface area contributed by atoms with Gasteiger partial charge in [0.1, 0.15) is 4.93 Å². The van der Waals surface area contributed by atoms with Crippen LogP contribution in [0.5, 0.6) is 0 Å². The molecule has 0 spiro atoms. The first-order chi connectivity index (χ1) is 5.06. The van der Waals surface area contributed by atoms with Gasteiger partial charge in [-0.05, 0) is 19.9 Å². The van der Waals surface area contributed by atoms with Gasteiger partial charge in [-0.2, -0.15) is 0 Å². The van der Waals surface area contributed by atoms with E-state index in [1.807, 2.05) is 11.8 Å². The van der Waals surface area contributed by atoms with Crippen molar-refractivity contribution in [2.75, 3.05) is 0 Å². The van der Waals surface area contributed by atoms with Crippen LogP contribution in [-0.2, 0) is 0 Å². The topological polar surface area (TPSA) is 20.2 Å². The van der Waals surface area contributed by atoms with Crippen LogP contribution in [-0.4, -0.2) is 25.3 Å². The second kappa shape index (κ2) is 1.54. The Hall–Kier alpha value is 0.400. The molecule has 0 aromatic carbocycles. The molecule has 0 saturated carbocycles. The third kappa shape index (κ3) is 0.658. The Morgan fingerprint density at radius 3 is 3.00 bits per heavy atom. The number of thioether (sulfide) groups is 2. The molecule has 1 aliphatic carbocycles. The van der Waals surface area contributed by atoms with E-state index in [2.05, 4.69) is 19.9 Å². The van der Waals surface area contributed by atoms with Crippen molar-refractivity contribution in [2.24, 2.45) is 0 Å². The molecule has 0 aromatic heterocycles. The normalized spacial score (nSPS) is 64.5. The summed E-state index contributed by atoms with van der Waals surface area (Å²) in [4.78, 5) is -0.473. The minimum absolute atomic E-state index is 0.373. The lowest BCUT2D eigenvalue weighted by Gasteiger charge is -2.15. The lowest BCUT2D eigenvalue weighted by molar-refractivity contribution is 0.207. The van der Waals surface area contributed by atoms with E-state index < -0.39 is 4.93 Å². The molecular weight excluding hydrogens is 176 g/mol. The van der Waals surface area contributed by atoms with Gasteiger partial charge in [-0.1, -0.05) is 5.57 Å². The van der Waals surface area contributed by atoms with Crippen molar-refractivity contribution in [2.45, 2.75) is 34.0 Å². The van der Waals surface area contributed by atoms with E-state index in [0.29, 0.717) is 15.2 Å². The van der Waals surface area contributed by atoms with Gasteiger partial charge in [0.25, 0.3) is 0 Å². The van der Waals surface area contributed by atoms with Crippen molar-refractivity contribution in [3.63, 3.8) is 0 Å². The first-order valence-corrected chi connectivity index (χ1v) is 5.59. The highest BCUT2D eigenvalue weighted by Crippen LogP contribution is 2.75. The molecule has 0 bridgehead atoms. The molecule has 60 valence electrons. The lowest BCUT2D eigenvalue weighted by Crippen LogP contribution is -2.29. The first kappa shape index (κ1) is 6.87. The van der Waals surface area contributed by atoms with Gasteiger partial charge in [0.2, 0.25) is 0 Å². The molecule has 0 amide bonds. The number of hydrogen-bond donors (Lipinski definition) is 1. The van der Waals surface area contributed by atoms with E-state index in [0.717, 1.165) is 0 Å². The van der Waals surface area contributed by atoms with Crippen LogP contribution >= 0.6 is 23.5 Å². The Bertz CT molecular complexity index is 275. The summed E-state index contributed by atoms with van der Waals surface area (Å²) in [6.45, 7) is 4.41. The minimum atomic E-state index is -0.473. The predicted molar refractivity (Wildman–Crippen MR) is 49.9 cm³/mol. The zero-order chi connectivity index (χ0) is 7.85. The monoisotopic (exact) mass is 186 g/mol. The van der Waals surface area contributed by atoms with Crippen LogP contribution < -0.4 is 0 Å². The fourth-order valence-corrected chi connectivity index (χ4v) is 5.20. The van der Waals surface area contributed by atoms with Gasteiger partial charge in [-0.15, -0.1) is 23.5 Å². The highest BCUT2D eigenvalue weighted by molar-refractivity contribution is 8.14. The molecule has 1 nitrogen and oxygen atoms in total. The van der Waals surface area contributed by atoms with Crippen molar-refractivity contribution >= 4 is 23.5 Å². The summed E-state index contributed by atoms with van der Waals surface area (Å²) in [5.74, 6) is 0. The third-order valence-corrected chi connectivity index (χ3v) is 6.36. The molecular formula is C8H10OS2. The lowest BCUT2D eigenvalue weighted by atomic mass is 9.89. The molecule has 2 heterocycles. The van der Waals surface area contributed by atoms with E-state index >= 15 is 0 Å². The second-order valence-corrected chi connectivity index (χ2v) is 6.77. The maximum absolute atomic E-state index is 9.85. The summed E-state index contributed by atoms with van der Waals surface area (Å²) in [7, 11) is 0. The molecule has 0 radical (unpaired) electrons. The van der Waals surface area contributed by atoms with Crippen LogP contribution in [0.15, 0.2) is 11.6 Å². The van der Waals surface area contributed by atoms with Crippen molar-refractivity contribution in [1.29, 1.82) is 0 Å². The zero-order valence-electron chi connectivity index (χ0n) is 6.50. The summed E-state index contributed by atoms with van der Waals surface area (Å²) in [5.41, 5.74) is 1.38. The van der Waals surface area contributed by atoms with E-state index in [1.165, 1.54) is 5.57 Å². The fourth-order valence-electron chi connectivity index (χ4n) is 2.16. The van der Waals surface area contributed by atoms with E-state index in [4.69, 9.17) is 0 Å². The van der Waals surface area contributed by atoms with Gasteiger partial charge in [0.05, 0.1) is 5.25 Å². The van der Waals surface area contributed by atoms with Crippen molar-refractivity contribution in [1.82, 2.24) is 0 Å². The molecule has 11 heavy (non-hydrogen) atoms. The maximum Gasteiger partial charge on any atom is 0.143 e. The molecule has 0 aromatic rings. The molecule has 2 fully saturated rings. The summed E-state index contributed by atoms with van der Waals surface area (Å²) < 4.78 is 0.373. The Morgan fingerprint density at radius 1 is 1.55 bits per heavy atom. The Morgan fingerprint density at radius 2 is 2.27 bits per heavy atom. The van der Waals surface area contributed by atoms with E-state index in [1.54, 1.807) is 11.8 Å². The third-order valence-electron chi connectivity index (χ3n) is 2.83.